The van der Waals surface area contributed by atoms with Crippen LogP contribution in [0, 0.1) is 6.92 Å². The second-order valence-corrected chi connectivity index (χ2v) is 8.50. The van der Waals surface area contributed by atoms with Gasteiger partial charge in [-0.2, -0.15) is 0 Å². The Balaban J connectivity index is 1.60. The van der Waals surface area contributed by atoms with Crippen molar-refractivity contribution in [3.8, 4) is 17.0 Å². The molecule has 1 N–H and O–H groups in total. The molecule has 1 atom stereocenters. The van der Waals surface area contributed by atoms with E-state index in [-0.39, 0.29) is 24.6 Å². The zero-order valence-electron chi connectivity index (χ0n) is 18.5. The summed E-state index contributed by atoms with van der Waals surface area (Å²) in [6.07, 6.45) is -0.732. The Bertz CT molecular complexity index is 1220. The molecule has 9 heteroatoms. The van der Waals surface area contributed by atoms with E-state index in [2.05, 4.69) is 10.3 Å². The molecule has 4 rings (SSSR count). The lowest BCUT2D eigenvalue weighted by Gasteiger charge is -2.33. The number of thiazole rings is 1. The van der Waals surface area contributed by atoms with Crippen molar-refractivity contribution in [3.05, 3.63) is 58.4 Å². The number of carbonyl (C=O) groups is 3. The number of para-hydroxylation sites is 1. The third kappa shape index (κ3) is 4.73. The maximum absolute atomic E-state index is 12.9. The number of fused-ring (bicyclic) bond motifs is 1. The molecule has 170 valence electrons. The van der Waals surface area contributed by atoms with Gasteiger partial charge < -0.3 is 14.8 Å². The van der Waals surface area contributed by atoms with Gasteiger partial charge in [0.05, 0.1) is 34.2 Å². The number of anilines is 2. The summed E-state index contributed by atoms with van der Waals surface area (Å²) in [6.45, 7) is 5.26. The van der Waals surface area contributed by atoms with Crippen LogP contribution in [0.4, 0.5) is 11.4 Å². The minimum absolute atomic E-state index is 0.221. The monoisotopic (exact) mass is 465 g/mol. The molecule has 0 radical (unpaired) electrons. The van der Waals surface area contributed by atoms with Gasteiger partial charge >= 0.3 is 5.97 Å². The molecule has 1 unspecified atom stereocenters. The molecule has 0 fully saturated rings. The number of nitrogens with one attached hydrogen (secondary N) is 1. The third-order valence-corrected chi connectivity index (χ3v) is 5.85. The van der Waals surface area contributed by atoms with Crippen molar-refractivity contribution in [2.24, 2.45) is 0 Å². The predicted octanol–water partition coefficient (Wildman–Crippen LogP) is 4.05. The molecule has 3 aromatic rings. The van der Waals surface area contributed by atoms with Gasteiger partial charge in [0.15, 0.2) is 6.10 Å². The summed E-state index contributed by atoms with van der Waals surface area (Å²) in [5.41, 5.74) is 2.67. The van der Waals surface area contributed by atoms with Gasteiger partial charge in [-0.3, -0.25) is 14.5 Å². The standard InChI is InChI=1S/C24H23N3O5S/c1-4-31-24(30)17-7-5-6-8-18(17)26-22(28)12-27-20-11-16(19-13-33-15(3)25-19)9-10-21(20)32-14(2)23(27)29/h5-11,13-14H,4,12H2,1-3H3,(H,26,28). The Hall–Kier alpha value is -3.72. The molecule has 0 saturated heterocycles. The first kappa shape index (κ1) is 22.5. The summed E-state index contributed by atoms with van der Waals surface area (Å²) >= 11 is 1.53. The van der Waals surface area contributed by atoms with Gasteiger partial charge in [-0.25, -0.2) is 9.78 Å². The largest absolute Gasteiger partial charge is 0.479 e. The second-order valence-electron chi connectivity index (χ2n) is 7.43. The number of aromatic nitrogens is 1. The Labute approximate surface area is 195 Å². The van der Waals surface area contributed by atoms with E-state index >= 15 is 0 Å². The SMILES string of the molecule is CCOC(=O)c1ccccc1NC(=O)CN1C(=O)C(C)Oc2ccc(-c3csc(C)n3)cc21. The van der Waals surface area contributed by atoms with Crippen molar-refractivity contribution in [1.82, 2.24) is 4.98 Å². The van der Waals surface area contributed by atoms with Crippen LogP contribution < -0.4 is 15.0 Å². The summed E-state index contributed by atoms with van der Waals surface area (Å²) < 4.78 is 10.8. The van der Waals surface area contributed by atoms with E-state index in [1.807, 2.05) is 18.4 Å². The molecule has 2 amide bonds. The van der Waals surface area contributed by atoms with E-state index in [1.54, 1.807) is 50.2 Å². The average molecular weight is 466 g/mol. The van der Waals surface area contributed by atoms with Gasteiger partial charge in [-0.1, -0.05) is 12.1 Å². The van der Waals surface area contributed by atoms with Crippen molar-refractivity contribution < 1.29 is 23.9 Å². The first-order valence-corrected chi connectivity index (χ1v) is 11.4. The van der Waals surface area contributed by atoms with Crippen LogP contribution in [0.25, 0.3) is 11.3 Å². The molecule has 2 aromatic carbocycles. The summed E-state index contributed by atoms with van der Waals surface area (Å²) in [4.78, 5) is 44.0. The van der Waals surface area contributed by atoms with Crippen LogP contribution in [-0.2, 0) is 14.3 Å². The van der Waals surface area contributed by atoms with Crippen LogP contribution in [0.2, 0.25) is 0 Å². The van der Waals surface area contributed by atoms with E-state index < -0.39 is 18.0 Å². The predicted molar refractivity (Wildman–Crippen MR) is 126 cm³/mol. The molecular formula is C24H23N3O5S. The molecular weight excluding hydrogens is 442 g/mol. The smallest absolute Gasteiger partial charge is 0.340 e. The van der Waals surface area contributed by atoms with Crippen molar-refractivity contribution >= 4 is 40.5 Å². The Morgan fingerprint density at radius 3 is 2.76 bits per heavy atom. The highest BCUT2D eigenvalue weighted by molar-refractivity contribution is 7.09. The van der Waals surface area contributed by atoms with Crippen molar-refractivity contribution in [3.63, 3.8) is 0 Å². The molecule has 1 aliphatic heterocycles. The quantitative estimate of drug-likeness (QED) is 0.552. The normalized spacial score (nSPS) is 14.9. The van der Waals surface area contributed by atoms with Crippen LogP contribution in [0.3, 0.4) is 0 Å². The van der Waals surface area contributed by atoms with Gasteiger partial charge in [0.2, 0.25) is 5.91 Å². The van der Waals surface area contributed by atoms with Crippen LogP contribution in [0.5, 0.6) is 5.75 Å². The number of rotatable bonds is 6. The fourth-order valence-electron chi connectivity index (χ4n) is 3.54. The van der Waals surface area contributed by atoms with Crippen molar-refractivity contribution in [1.29, 1.82) is 0 Å². The number of esters is 1. The summed E-state index contributed by atoms with van der Waals surface area (Å²) in [5.74, 6) is -0.798. The Morgan fingerprint density at radius 2 is 2.03 bits per heavy atom. The minimum Gasteiger partial charge on any atom is -0.479 e. The van der Waals surface area contributed by atoms with Crippen LogP contribution in [0.1, 0.15) is 29.2 Å². The minimum atomic E-state index is -0.732. The van der Waals surface area contributed by atoms with Crippen molar-refractivity contribution in [2.75, 3.05) is 23.4 Å². The molecule has 0 bridgehead atoms. The molecule has 1 aliphatic rings. The lowest BCUT2D eigenvalue weighted by molar-refractivity contribution is -0.127. The van der Waals surface area contributed by atoms with Gasteiger partial charge in [0.25, 0.3) is 5.91 Å². The number of hydrogen-bond donors (Lipinski definition) is 1. The Morgan fingerprint density at radius 1 is 1.24 bits per heavy atom. The summed E-state index contributed by atoms with van der Waals surface area (Å²) in [7, 11) is 0. The number of amides is 2. The maximum atomic E-state index is 12.9. The van der Waals surface area contributed by atoms with Gasteiger partial charge in [-0.15, -0.1) is 11.3 Å². The van der Waals surface area contributed by atoms with Crippen LogP contribution in [-0.4, -0.2) is 42.0 Å². The highest BCUT2D eigenvalue weighted by atomic mass is 32.1. The third-order valence-electron chi connectivity index (χ3n) is 5.08. The molecule has 0 aliphatic carbocycles. The van der Waals surface area contributed by atoms with E-state index in [4.69, 9.17) is 9.47 Å². The average Bonchev–Trinajstić information content (AvgIpc) is 3.23. The highest BCUT2D eigenvalue weighted by Crippen LogP contribution is 2.37. The number of carbonyl (C=O) groups excluding carboxylic acids is 3. The molecule has 0 spiro atoms. The molecule has 2 heterocycles. The van der Waals surface area contributed by atoms with Crippen LogP contribution >= 0.6 is 11.3 Å². The number of nitrogens with zero attached hydrogens (tertiary/aromatic N) is 2. The zero-order chi connectivity index (χ0) is 23.5. The lowest BCUT2D eigenvalue weighted by atomic mass is 10.1. The highest BCUT2D eigenvalue weighted by Gasteiger charge is 2.33. The van der Waals surface area contributed by atoms with Crippen molar-refractivity contribution in [2.45, 2.75) is 26.9 Å². The van der Waals surface area contributed by atoms with Gasteiger partial charge in [0.1, 0.15) is 12.3 Å². The number of hydrogen-bond acceptors (Lipinski definition) is 7. The molecule has 0 saturated carbocycles. The van der Waals surface area contributed by atoms with E-state index in [0.29, 0.717) is 17.1 Å². The summed E-state index contributed by atoms with van der Waals surface area (Å²) in [5, 5.41) is 5.60. The first-order valence-electron chi connectivity index (χ1n) is 10.5. The number of ether oxygens (including phenoxy) is 2. The van der Waals surface area contributed by atoms with Gasteiger partial charge in [0, 0.05) is 10.9 Å². The van der Waals surface area contributed by atoms with E-state index in [0.717, 1.165) is 16.3 Å². The molecule has 33 heavy (non-hydrogen) atoms. The summed E-state index contributed by atoms with van der Waals surface area (Å²) in [6, 6.07) is 12.0. The molecule has 8 nitrogen and oxygen atoms in total. The fraction of sp³-hybridized carbons (Fsp3) is 0.250. The van der Waals surface area contributed by atoms with E-state index in [9.17, 15) is 14.4 Å². The topological polar surface area (TPSA) is 97.8 Å². The van der Waals surface area contributed by atoms with Gasteiger partial charge in [-0.05, 0) is 51.1 Å². The second kappa shape index (κ2) is 9.41. The van der Waals surface area contributed by atoms with E-state index in [1.165, 1.54) is 16.2 Å². The molecule has 1 aromatic heterocycles. The number of aryl methyl sites for hydroxylation is 1. The zero-order valence-corrected chi connectivity index (χ0v) is 19.3. The fourth-order valence-corrected chi connectivity index (χ4v) is 4.16. The Kier molecular flexibility index (Phi) is 6.41. The lowest BCUT2D eigenvalue weighted by Crippen LogP contribution is -2.47. The van der Waals surface area contributed by atoms with Crippen LogP contribution in [0.15, 0.2) is 47.8 Å². The maximum Gasteiger partial charge on any atom is 0.340 e. The number of benzene rings is 2. The first-order chi connectivity index (χ1) is 15.9.